The number of nitrogens with one attached hydrogen (secondary N) is 2. The summed E-state index contributed by atoms with van der Waals surface area (Å²) in [4.78, 5) is 33.7. The van der Waals surface area contributed by atoms with Crippen molar-refractivity contribution in [2.24, 2.45) is 11.7 Å². The number of primary amides is 1. The second-order valence-corrected chi connectivity index (χ2v) is 4.81. The predicted molar refractivity (Wildman–Crippen MR) is 67.4 cm³/mol. The molecule has 0 heterocycles. The van der Waals surface area contributed by atoms with Crippen molar-refractivity contribution in [1.29, 1.82) is 0 Å². The van der Waals surface area contributed by atoms with Gasteiger partial charge in [0, 0.05) is 12.5 Å². The van der Waals surface area contributed by atoms with Crippen molar-refractivity contribution < 1.29 is 14.4 Å². The van der Waals surface area contributed by atoms with Gasteiger partial charge in [0.25, 0.3) is 0 Å². The first-order valence-corrected chi connectivity index (χ1v) is 5.82. The normalized spacial score (nSPS) is 13.9. The summed E-state index contributed by atoms with van der Waals surface area (Å²) in [5.41, 5.74) is 5.12. The van der Waals surface area contributed by atoms with E-state index in [4.69, 9.17) is 5.73 Å². The minimum atomic E-state index is -0.917. The highest BCUT2D eigenvalue weighted by Crippen LogP contribution is 1.94. The number of amides is 3. The Morgan fingerprint density at radius 2 is 1.71 bits per heavy atom. The Morgan fingerprint density at radius 1 is 1.18 bits per heavy atom. The van der Waals surface area contributed by atoms with E-state index in [0.717, 1.165) is 0 Å². The maximum absolute atomic E-state index is 11.3. The van der Waals surface area contributed by atoms with Crippen molar-refractivity contribution in [2.45, 2.75) is 32.1 Å². The first-order valence-electron chi connectivity index (χ1n) is 5.31. The summed E-state index contributed by atoms with van der Waals surface area (Å²) in [6.07, 6.45) is 0. The lowest BCUT2D eigenvalue weighted by molar-refractivity contribution is -0.128. The quantitative estimate of drug-likeness (QED) is 0.463. The average molecular weight is 261 g/mol. The lowest BCUT2D eigenvalue weighted by Crippen LogP contribution is -2.52. The number of carbonyl (C=O) groups is 3. The molecule has 98 valence electrons. The van der Waals surface area contributed by atoms with Gasteiger partial charge in [-0.25, -0.2) is 0 Å². The third kappa shape index (κ3) is 6.15. The molecule has 4 N–H and O–H groups in total. The van der Waals surface area contributed by atoms with Crippen LogP contribution in [0.1, 0.15) is 20.8 Å². The molecule has 0 aromatic rings. The molecule has 0 aromatic heterocycles. The summed E-state index contributed by atoms with van der Waals surface area (Å²) in [6, 6.07) is -0.917. The third-order valence-corrected chi connectivity index (χ3v) is 2.28. The summed E-state index contributed by atoms with van der Waals surface area (Å²) in [5, 5.41) is 4.39. The zero-order chi connectivity index (χ0) is 13.6. The van der Waals surface area contributed by atoms with E-state index in [0.29, 0.717) is 0 Å². The third-order valence-electron chi connectivity index (χ3n) is 2.04. The van der Waals surface area contributed by atoms with Gasteiger partial charge in [0.05, 0.1) is 5.25 Å². The van der Waals surface area contributed by atoms with E-state index in [1.807, 2.05) is 0 Å². The van der Waals surface area contributed by atoms with Crippen LogP contribution in [0.5, 0.6) is 0 Å². The van der Waals surface area contributed by atoms with E-state index in [-0.39, 0.29) is 18.4 Å². The van der Waals surface area contributed by atoms with Crippen LogP contribution in [0.25, 0.3) is 0 Å². The Labute approximate surface area is 106 Å². The van der Waals surface area contributed by atoms with Gasteiger partial charge in [-0.3, -0.25) is 14.4 Å². The Bertz CT molecular complexity index is 305. The fraction of sp³-hybridized carbons (Fsp3) is 0.700. The number of hydrogen-bond donors (Lipinski definition) is 4. The maximum atomic E-state index is 11.3. The van der Waals surface area contributed by atoms with E-state index in [2.05, 4.69) is 23.3 Å². The molecule has 2 atom stereocenters. The molecule has 0 aliphatic heterocycles. The number of rotatable bonds is 6. The van der Waals surface area contributed by atoms with Crippen LogP contribution >= 0.6 is 12.6 Å². The van der Waals surface area contributed by atoms with Gasteiger partial charge in [0.15, 0.2) is 0 Å². The second kappa shape index (κ2) is 7.16. The van der Waals surface area contributed by atoms with Crippen LogP contribution in [-0.2, 0) is 14.4 Å². The first kappa shape index (κ1) is 15.8. The summed E-state index contributed by atoms with van der Waals surface area (Å²) < 4.78 is 0. The minimum absolute atomic E-state index is 0.0153. The van der Waals surface area contributed by atoms with E-state index in [1.165, 1.54) is 0 Å². The standard InChI is InChI=1S/C10H19N3O3S/c1-5(2)9(15)12-4-7(8(11)14)13-10(16)6(3)17/h5-7,17H,4H2,1-3H3,(H2,11,14)(H,12,15)(H,13,16). The van der Waals surface area contributed by atoms with Crippen LogP contribution in [0.2, 0.25) is 0 Å². The van der Waals surface area contributed by atoms with Crippen LogP contribution in [-0.4, -0.2) is 35.6 Å². The van der Waals surface area contributed by atoms with Crippen molar-refractivity contribution in [3.63, 3.8) is 0 Å². The van der Waals surface area contributed by atoms with Crippen molar-refractivity contribution in [2.75, 3.05) is 6.54 Å². The molecule has 0 radical (unpaired) electrons. The SMILES string of the molecule is CC(C)C(=O)NCC(NC(=O)C(C)S)C(N)=O. The fourth-order valence-corrected chi connectivity index (χ4v) is 0.996. The molecular formula is C10H19N3O3S. The van der Waals surface area contributed by atoms with Crippen LogP contribution in [0.15, 0.2) is 0 Å². The molecule has 0 bridgehead atoms. The van der Waals surface area contributed by atoms with Crippen molar-refractivity contribution in [1.82, 2.24) is 10.6 Å². The zero-order valence-corrected chi connectivity index (χ0v) is 11.1. The van der Waals surface area contributed by atoms with Crippen molar-refractivity contribution >= 4 is 30.4 Å². The van der Waals surface area contributed by atoms with Gasteiger partial charge >= 0.3 is 0 Å². The highest BCUT2D eigenvalue weighted by atomic mass is 32.1. The summed E-state index contributed by atoms with van der Waals surface area (Å²) in [6.45, 7) is 5.01. The highest BCUT2D eigenvalue weighted by molar-refractivity contribution is 7.81. The second-order valence-electron chi connectivity index (χ2n) is 4.04. The van der Waals surface area contributed by atoms with Gasteiger partial charge in [0.2, 0.25) is 17.7 Å². The molecule has 6 nitrogen and oxygen atoms in total. The molecule has 7 heteroatoms. The van der Waals surface area contributed by atoms with Gasteiger partial charge in [-0.05, 0) is 6.92 Å². The van der Waals surface area contributed by atoms with Crippen LogP contribution in [0.4, 0.5) is 0 Å². The maximum Gasteiger partial charge on any atom is 0.241 e. The summed E-state index contributed by atoms with van der Waals surface area (Å²) in [7, 11) is 0. The topological polar surface area (TPSA) is 101 Å². The lowest BCUT2D eigenvalue weighted by atomic mass is 10.2. The average Bonchev–Trinajstić information content (AvgIpc) is 2.22. The van der Waals surface area contributed by atoms with E-state index in [1.54, 1.807) is 20.8 Å². The van der Waals surface area contributed by atoms with Crippen molar-refractivity contribution in [3.05, 3.63) is 0 Å². The Kier molecular flexibility index (Phi) is 6.64. The molecule has 0 saturated carbocycles. The summed E-state index contributed by atoms with van der Waals surface area (Å²) >= 11 is 3.93. The van der Waals surface area contributed by atoms with E-state index >= 15 is 0 Å². The molecule has 0 aliphatic rings. The fourth-order valence-electron chi connectivity index (χ4n) is 0.922. The molecule has 0 fully saturated rings. The Morgan fingerprint density at radius 3 is 2.06 bits per heavy atom. The molecule has 0 aromatic carbocycles. The van der Waals surface area contributed by atoms with E-state index in [9.17, 15) is 14.4 Å². The Hall–Kier alpha value is -1.24. The number of carbonyl (C=O) groups excluding carboxylic acids is 3. The molecule has 17 heavy (non-hydrogen) atoms. The molecule has 3 amide bonds. The van der Waals surface area contributed by atoms with Gasteiger partial charge in [-0.15, -0.1) is 0 Å². The van der Waals surface area contributed by atoms with Crippen LogP contribution < -0.4 is 16.4 Å². The van der Waals surface area contributed by atoms with Crippen LogP contribution in [0, 0.1) is 5.92 Å². The minimum Gasteiger partial charge on any atom is -0.368 e. The van der Waals surface area contributed by atoms with Gasteiger partial charge in [0.1, 0.15) is 6.04 Å². The number of thiol groups is 1. The molecule has 0 spiro atoms. The highest BCUT2D eigenvalue weighted by Gasteiger charge is 2.21. The van der Waals surface area contributed by atoms with Crippen LogP contribution in [0.3, 0.4) is 0 Å². The smallest absolute Gasteiger partial charge is 0.241 e. The molecule has 0 rings (SSSR count). The van der Waals surface area contributed by atoms with E-state index < -0.39 is 23.1 Å². The Balaban J connectivity index is 4.31. The van der Waals surface area contributed by atoms with Gasteiger partial charge in [-0.1, -0.05) is 13.8 Å². The molecule has 2 unspecified atom stereocenters. The van der Waals surface area contributed by atoms with Gasteiger partial charge < -0.3 is 16.4 Å². The zero-order valence-electron chi connectivity index (χ0n) is 10.2. The summed E-state index contributed by atoms with van der Waals surface area (Å²) in [5.74, 6) is -1.50. The monoisotopic (exact) mass is 261 g/mol. The number of nitrogens with two attached hydrogens (primary N) is 1. The van der Waals surface area contributed by atoms with Crippen molar-refractivity contribution in [3.8, 4) is 0 Å². The predicted octanol–water partition coefficient (Wildman–Crippen LogP) is -0.953. The van der Waals surface area contributed by atoms with Gasteiger partial charge in [-0.2, -0.15) is 12.6 Å². The molecule has 0 aliphatic carbocycles. The molecule has 0 saturated heterocycles. The molecular weight excluding hydrogens is 242 g/mol. The first-order chi connectivity index (χ1) is 7.75. The largest absolute Gasteiger partial charge is 0.368 e. The lowest BCUT2D eigenvalue weighted by Gasteiger charge is -2.17. The number of hydrogen-bond acceptors (Lipinski definition) is 4.